The quantitative estimate of drug-likeness (QED) is 0.715. The summed E-state index contributed by atoms with van der Waals surface area (Å²) in [6.45, 7) is -2.53. The fourth-order valence-corrected chi connectivity index (χ4v) is 2.02. The van der Waals surface area contributed by atoms with Gasteiger partial charge in [0, 0.05) is 5.39 Å². The molecule has 0 aliphatic carbocycles. The van der Waals surface area contributed by atoms with Crippen LogP contribution in [0.4, 0.5) is 18.0 Å². The molecule has 0 fully saturated rings. The summed E-state index contributed by atoms with van der Waals surface area (Å²) < 4.78 is 40.4. The van der Waals surface area contributed by atoms with E-state index in [9.17, 15) is 32.7 Å². The van der Waals surface area contributed by atoms with Gasteiger partial charge in [-0.3, -0.25) is 10.1 Å². The van der Waals surface area contributed by atoms with Gasteiger partial charge in [-0.2, -0.15) is 13.2 Å². The number of rotatable bonds is 4. The van der Waals surface area contributed by atoms with E-state index >= 15 is 0 Å². The third kappa shape index (κ3) is 5.10. The highest BCUT2D eigenvalue weighted by Gasteiger charge is 2.28. The average Bonchev–Trinajstić information content (AvgIpc) is 2.58. The molecule has 7 nitrogen and oxygen atoms in total. The van der Waals surface area contributed by atoms with Crippen LogP contribution in [0.15, 0.2) is 36.4 Å². The molecule has 0 aliphatic rings. The Morgan fingerprint density at radius 2 is 1.77 bits per heavy atom. The number of imide groups is 1. The van der Waals surface area contributed by atoms with Crippen LogP contribution in [0.3, 0.4) is 0 Å². The highest BCUT2D eigenvalue weighted by atomic mass is 19.4. The first-order chi connectivity index (χ1) is 12.2. The van der Waals surface area contributed by atoms with Crippen molar-refractivity contribution in [1.82, 2.24) is 10.6 Å². The molecule has 2 aromatic rings. The van der Waals surface area contributed by atoms with Crippen LogP contribution >= 0.6 is 0 Å². The molecule has 0 radical (unpaired) electrons. The molecule has 0 saturated carbocycles. The summed E-state index contributed by atoms with van der Waals surface area (Å²) in [4.78, 5) is 34.5. The van der Waals surface area contributed by atoms with Gasteiger partial charge in [0.2, 0.25) is 0 Å². The Hall–Kier alpha value is -3.30. The standard InChI is InChI=1S/C16H13F3N2O5/c17-16(18,19)8-20-15(25)21-12(22)7-26-14(24)11-6-5-9-3-1-2-4-10(9)13(11)23/h1-6,23H,7-8H2,(H2,20,21,22,25). The SMILES string of the molecule is O=C(COC(=O)c1ccc2ccccc2c1O)NC(=O)NCC(F)(F)F. The van der Waals surface area contributed by atoms with Crippen molar-refractivity contribution in [2.24, 2.45) is 0 Å². The first kappa shape index (κ1) is 19.0. The molecule has 0 spiro atoms. The first-order valence-corrected chi connectivity index (χ1v) is 7.19. The number of alkyl halides is 3. The Bertz CT molecular complexity index is 851. The van der Waals surface area contributed by atoms with E-state index in [1.807, 2.05) is 0 Å². The average molecular weight is 370 g/mol. The fourth-order valence-electron chi connectivity index (χ4n) is 2.02. The highest BCUT2D eigenvalue weighted by molar-refractivity contribution is 6.02. The van der Waals surface area contributed by atoms with Gasteiger partial charge in [0.15, 0.2) is 6.61 Å². The third-order valence-corrected chi connectivity index (χ3v) is 3.16. The summed E-state index contributed by atoms with van der Waals surface area (Å²) in [5.41, 5.74) is -0.196. The number of carbonyl (C=O) groups is 3. The number of esters is 1. The maximum Gasteiger partial charge on any atom is 0.405 e. The lowest BCUT2D eigenvalue weighted by molar-refractivity contribution is -0.125. The minimum atomic E-state index is -4.62. The number of hydrogen-bond donors (Lipinski definition) is 3. The monoisotopic (exact) mass is 370 g/mol. The lowest BCUT2D eigenvalue weighted by Crippen LogP contribution is -2.44. The largest absolute Gasteiger partial charge is 0.506 e. The zero-order valence-corrected chi connectivity index (χ0v) is 13.1. The number of benzene rings is 2. The number of hydrogen-bond acceptors (Lipinski definition) is 5. The number of phenolic OH excluding ortho intramolecular Hbond substituents is 1. The van der Waals surface area contributed by atoms with E-state index in [0.29, 0.717) is 10.8 Å². The molecule has 0 bridgehead atoms. The van der Waals surface area contributed by atoms with E-state index in [-0.39, 0.29) is 11.3 Å². The van der Waals surface area contributed by atoms with Crippen LogP contribution in [0.1, 0.15) is 10.4 Å². The van der Waals surface area contributed by atoms with Crippen LogP contribution in [-0.2, 0) is 9.53 Å². The lowest BCUT2D eigenvalue weighted by Gasteiger charge is -2.10. The molecule has 0 aromatic heterocycles. The van der Waals surface area contributed by atoms with Crippen molar-refractivity contribution in [3.63, 3.8) is 0 Å². The molecule has 2 aromatic carbocycles. The predicted molar refractivity (Wildman–Crippen MR) is 83.5 cm³/mol. The second-order valence-corrected chi connectivity index (χ2v) is 5.11. The predicted octanol–water partition coefficient (Wildman–Crippen LogP) is 2.09. The fraction of sp³-hybridized carbons (Fsp3) is 0.188. The minimum Gasteiger partial charge on any atom is -0.506 e. The Kier molecular flexibility index (Phi) is 5.65. The van der Waals surface area contributed by atoms with Crippen molar-refractivity contribution >= 4 is 28.7 Å². The number of halogens is 3. The Balaban J connectivity index is 1.91. The van der Waals surface area contributed by atoms with E-state index in [0.717, 1.165) is 0 Å². The summed E-state index contributed by atoms with van der Waals surface area (Å²) in [5.74, 6) is -2.49. The van der Waals surface area contributed by atoms with Gasteiger partial charge in [0.1, 0.15) is 17.9 Å². The Morgan fingerprint density at radius 1 is 1.08 bits per heavy atom. The van der Waals surface area contributed by atoms with Gasteiger partial charge in [-0.05, 0) is 11.5 Å². The van der Waals surface area contributed by atoms with Crippen LogP contribution in [0.5, 0.6) is 5.75 Å². The number of phenols is 1. The van der Waals surface area contributed by atoms with Gasteiger partial charge in [-0.15, -0.1) is 0 Å². The summed E-state index contributed by atoms with van der Waals surface area (Å²) in [6, 6.07) is 8.19. The molecular weight excluding hydrogens is 357 g/mol. The van der Waals surface area contributed by atoms with E-state index < -0.39 is 37.2 Å². The Labute approximate surface area is 144 Å². The number of carbonyl (C=O) groups excluding carboxylic acids is 3. The van der Waals surface area contributed by atoms with Crippen molar-refractivity contribution in [2.45, 2.75) is 6.18 Å². The highest BCUT2D eigenvalue weighted by Crippen LogP contribution is 2.28. The summed E-state index contributed by atoms with van der Waals surface area (Å²) in [7, 11) is 0. The zero-order valence-electron chi connectivity index (χ0n) is 13.1. The molecule has 0 heterocycles. The minimum absolute atomic E-state index is 0.196. The smallest absolute Gasteiger partial charge is 0.405 e. The maximum atomic E-state index is 11.9. The molecular formula is C16H13F3N2O5. The first-order valence-electron chi connectivity index (χ1n) is 7.19. The number of ether oxygens (including phenoxy) is 1. The lowest BCUT2D eigenvalue weighted by atomic mass is 10.1. The second kappa shape index (κ2) is 7.72. The molecule has 0 unspecified atom stereocenters. The van der Waals surface area contributed by atoms with E-state index in [1.54, 1.807) is 35.6 Å². The van der Waals surface area contributed by atoms with Gasteiger partial charge in [0.05, 0.1) is 0 Å². The van der Waals surface area contributed by atoms with Gasteiger partial charge >= 0.3 is 18.2 Å². The van der Waals surface area contributed by atoms with Crippen molar-refractivity contribution in [1.29, 1.82) is 0 Å². The van der Waals surface area contributed by atoms with Gasteiger partial charge < -0.3 is 15.2 Å². The number of aromatic hydroxyl groups is 1. The number of nitrogens with one attached hydrogen (secondary N) is 2. The van der Waals surface area contributed by atoms with Crippen LogP contribution in [0.25, 0.3) is 10.8 Å². The topological polar surface area (TPSA) is 105 Å². The molecule has 0 saturated heterocycles. The van der Waals surface area contributed by atoms with Crippen LogP contribution < -0.4 is 10.6 Å². The summed E-state index contributed by atoms with van der Waals surface area (Å²) >= 11 is 0. The normalized spacial score (nSPS) is 11.0. The molecule has 0 aliphatic heterocycles. The molecule has 0 atom stereocenters. The van der Waals surface area contributed by atoms with E-state index in [1.165, 1.54) is 11.4 Å². The van der Waals surface area contributed by atoms with Crippen LogP contribution in [0.2, 0.25) is 0 Å². The second-order valence-electron chi connectivity index (χ2n) is 5.11. The molecule has 138 valence electrons. The molecule has 2 rings (SSSR count). The van der Waals surface area contributed by atoms with Crippen molar-refractivity contribution in [3.8, 4) is 5.75 Å². The van der Waals surface area contributed by atoms with Crippen molar-refractivity contribution in [3.05, 3.63) is 42.0 Å². The number of fused-ring (bicyclic) bond motifs is 1. The summed E-state index contributed by atoms with van der Waals surface area (Å²) in [6.07, 6.45) is -4.62. The summed E-state index contributed by atoms with van der Waals surface area (Å²) in [5, 5.41) is 14.2. The molecule has 3 amide bonds. The molecule has 10 heteroatoms. The number of amides is 3. The van der Waals surface area contributed by atoms with E-state index in [4.69, 9.17) is 0 Å². The molecule has 26 heavy (non-hydrogen) atoms. The zero-order chi connectivity index (χ0) is 19.3. The maximum absolute atomic E-state index is 11.9. The van der Waals surface area contributed by atoms with Gasteiger partial charge in [0.25, 0.3) is 5.91 Å². The molecule has 3 N–H and O–H groups in total. The van der Waals surface area contributed by atoms with Crippen molar-refractivity contribution < 1.29 is 37.4 Å². The van der Waals surface area contributed by atoms with Crippen LogP contribution in [0, 0.1) is 0 Å². The van der Waals surface area contributed by atoms with E-state index in [2.05, 4.69) is 4.74 Å². The third-order valence-electron chi connectivity index (χ3n) is 3.16. The van der Waals surface area contributed by atoms with Gasteiger partial charge in [-0.1, -0.05) is 30.3 Å². The van der Waals surface area contributed by atoms with Gasteiger partial charge in [-0.25, -0.2) is 9.59 Å². The number of urea groups is 1. The van der Waals surface area contributed by atoms with Crippen LogP contribution in [-0.4, -0.2) is 42.3 Å². The Morgan fingerprint density at radius 3 is 2.46 bits per heavy atom. The van der Waals surface area contributed by atoms with Crippen molar-refractivity contribution in [2.75, 3.05) is 13.2 Å².